The topological polar surface area (TPSA) is 63.6 Å². The highest BCUT2D eigenvalue weighted by Gasteiger charge is 1.97. The van der Waals surface area contributed by atoms with Crippen LogP contribution < -0.4 is 0 Å². The van der Waals surface area contributed by atoms with E-state index < -0.39 is 5.97 Å². The van der Waals surface area contributed by atoms with Crippen molar-refractivity contribution in [1.29, 1.82) is 0 Å². The van der Waals surface area contributed by atoms with Gasteiger partial charge in [-0.25, -0.2) is 0 Å². The molecule has 0 aromatic rings. The molecule has 0 saturated heterocycles. The summed E-state index contributed by atoms with van der Waals surface area (Å²) in [5, 5.41) is 8.16. The molecular formula is C10H20O4. The van der Waals surface area contributed by atoms with Crippen LogP contribution in [0.4, 0.5) is 0 Å². The van der Waals surface area contributed by atoms with Gasteiger partial charge in [-0.05, 0) is 19.3 Å². The van der Waals surface area contributed by atoms with Gasteiger partial charge in [0.15, 0.2) is 0 Å². The number of hydrogen-bond donors (Lipinski definition) is 1. The van der Waals surface area contributed by atoms with E-state index in [2.05, 4.69) is 4.74 Å². The summed E-state index contributed by atoms with van der Waals surface area (Å²) in [6.07, 6.45) is 1.09. The van der Waals surface area contributed by atoms with E-state index in [1.54, 1.807) is 6.92 Å². The Kier molecular flexibility index (Phi) is 11.0. The van der Waals surface area contributed by atoms with Crippen molar-refractivity contribution in [2.24, 2.45) is 5.92 Å². The molecule has 0 atom stereocenters. The summed E-state index contributed by atoms with van der Waals surface area (Å²) >= 11 is 0. The summed E-state index contributed by atoms with van der Waals surface area (Å²) in [6.45, 7) is 7.69. The van der Waals surface area contributed by atoms with Gasteiger partial charge in [0, 0.05) is 13.3 Å². The Morgan fingerprint density at radius 1 is 1.36 bits per heavy atom. The molecule has 14 heavy (non-hydrogen) atoms. The first-order chi connectivity index (χ1) is 6.40. The normalized spacial score (nSPS) is 8.93. The van der Waals surface area contributed by atoms with Crippen LogP contribution in [-0.4, -0.2) is 23.7 Å². The average molecular weight is 204 g/mol. The molecule has 0 rings (SSSR count). The van der Waals surface area contributed by atoms with E-state index >= 15 is 0 Å². The Morgan fingerprint density at radius 2 is 1.86 bits per heavy atom. The fourth-order valence-electron chi connectivity index (χ4n) is 0.615. The summed E-state index contributed by atoms with van der Waals surface area (Å²) in [5.41, 5.74) is 0. The van der Waals surface area contributed by atoms with Crippen LogP contribution in [0.25, 0.3) is 0 Å². The fourth-order valence-corrected chi connectivity index (χ4v) is 0.615. The Labute approximate surface area is 85.3 Å². The summed E-state index contributed by atoms with van der Waals surface area (Å²) < 4.78 is 4.40. The molecule has 0 radical (unpaired) electrons. The number of carbonyl (C=O) groups excluding carboxylic acids is 1. The van der Waals surface area contributed by atoms with Gasteiger partial charge in [0.2, 0.25) is 0 Å². The number of rotatable bonds is 4. The van der Waals surface area contributed by atoms with Gasteiger partial charge in [-0.2, -0.15) is 0 Å². The smallest absolute Gasteiger partial charge is 0.303 e. The lowest BCUT2D eigenvalue weighted by atomic mass is 10.1. The number of esters is 1. The van der Waals surface area contributed by atoms with Gasteiger partial charge in [0.25, 0.3) is 0 Å². The zero-order chi connectivity index (χ0) is 11.6. The van der Waals surface area contributed by atoms with Gasteiger partial charge in [0.1, 0.15) is 0 Å². The van der Waals surface area contributed by atoms with E-state index in [9.17, 15) is 9.59 Å². The molecule has 0 saturated carbocycles. The molecule has 0 aromatic carbocycles. The van der Waals surface area contributed by atoms with Crippen molar-refractivity contribution in [3.05, 3.63) is 0 Å². The van der Waals surface area contributed by atoms with Crippen LogP contribution in [0, 0.1) is 5.92 Å². The Balaban J connectivity index is 0. The highest BCUT2D eigenvalue weighted by atomic mass is 16.5. The second-order valence-electron chi connectivity index (χ2n) is 3.25. The minimum Gasteiger partial charge on any atom is -0.481 e. The average Bonchev–Trinajstić information content (AvgIpc) is 2.01. The first kappa shape index (κ1) is 15.4. The molecule has 0 aliphatic heterocycles. The summed E-state index contributed by atoms with van der Waals surface area (Å²) in [7, 11) is 0. The predicted octanol–water partition coefficient (Wildman–Crippen LogP) is 2.08. The number of ether oxygens (including phenoxy) is 1. The van der Waals surface area contributed by atoms with Crippen LogP contribution in [0.3, 0.4) is 0 Å². The SMILES string of the molecule is CC(C)CCC(=O)O.CCOC(C)=O. The molecule has 0 aromatic heterocycles. The minimum atomic E-state index is -0.696. The van der Waals surface area contributed by atoms with Crippen molar-refractivity contribution in [2.45, 2.75) is 40.5 Å². The molecular weight excluding hydrogens is 184 g/mol. The number of hydrogen-bond acceptors (Lipinski definition) is 3. The van der Waals surface area contributed by atoms with Crippen molar-refractivity contribution in [1.82, 2.24) is 0 Å². The van der Waals surface area contributed by atoms with Crippen LogP contribution in [0.2, 0.25) is 0 Å². The molecule has 0 amide bonds. The number of carbonyl (C=O) groups is 2. The van der Waals surface area contributed by atoms with Gasteiger partial charge in [0.05, 0.1) is 6.61 Å². The van der Waals surface area contributed by atoms with E-state index in [1.165, 1.54) is 6.92 Å². The van der Waals surface area contributed by atoms with Crippen LogP contribution in [0.5, 0.6) is 0 Å². The largest absolute Gasteiger partial charge is 0.481 e. The van der Waals surface area contributed by atoms with E-state index in [4.69, 9.17) is 5.11 Å². The standard InChI is InChI=1S/C6H12O2.C4H8O2/c1-5(2)3-4-6(7)8;1-3-6-4(2)5/h5H,3-4H2,1-2H3,(H,7,8);3H2,1-2H3. The zero-order valence-corrected chi connectivity index (χ0v) is 9.37. The molecule has 84 valence electrons. The van der Waals surface area contributed by atoms with Gasteiger partial charge < -0.3 is 9.84 Å². The molecule has 4 nitrogen and oxygen atoms in total. The van der Waals surface area contributed by atoms with Crippen LogP contribution in [0.1, 0.15) is 40.5 Å². The second-order valence-corrected chi connectivity index (χ2v) is 3.25. The van der Waals surface area contributed by atoms with Crippen LogP contribution >= 0.6 is 0 Å². The minimum absolute atomic E-state index is 0.211. The second kappa shape index (κ2) is 10.0. The van der Waals surface area contributed by atoms with E-state index in [-0.39, 0.29) is 5.97 Å². The first-order valence-electron chi connectivity index (χ1n) is 4.75. The lowest BCUT2D eigenvalue weighted by molar-refractivity contribution is -0.140. The van der Waals surface area contributed by atoms with Gasteiger partial charge in [-0.3, -0.25) is 9.59 Å². The maximum absolute atomic E-state index is 9.90. The van der Waals surface area contributed by atoms with Gasteiger partial charge in [-0.1, -0.05) is 13.8 Å². The lowest BCUT2D eigenvalue weighted by Crippen LogP contribution is -1.97. The van der Waals surface area contributed by atoms with Crippen molar-refractivity contribution in [2.75, 3.05) is 6.61 Å². The molecule has 0 fully saturated rings. The third-order valence-corrected chi connectivity index (χ3v) is 1.28. The number of aliphatic carboxylic acids is 1. The van der Waals surface area contributed by atoms with E-state index in [0.717, 1.165) is 6.42 Å². The maximum atomic E-state index is 9.90. The Hall–Kier alpha value is -1.06. The highest BCUT2D eigenvalue weighted by molar-refractivity contribution is 5.66. The van der Waals surface area contributed by atoms with E-state index in [1.807, 2.05) is 13.8 Å². The number of carboxylic acids is 1. The van der Waals surface area contributed by atoms with Gasteiger partial charge >= 0.3 is 11.9 Å². The third-order valence-electron chi connectivity index (χ3n) is 1.28. The van der Waals surface area contributed by atoms with E-state index in [0.29, 0.717) is 18.9 Å². The number of carboxylic acid groups (broad SMARTS) is 1. The predicted molar refractivity (Wildman–Crippen MR) is 54.0 cm³/mol. The summed E-state index contributed by atoms with van der Waals surface area (Å²) in [5.74, 6) is -0.401. The van der Waals surface area contributed by atoms with Crippen LogP contribution in [-0.2, 0) is 14.3 Å². The molecule has 1 N–H and O–H groups in total. The quantitative estimate of drug-likeness (QED) is 0.712. The van der Waals surface area contributed by atoms with Crippen LogP contribution in [0.15, 0.2) is 0 Å². The van der Waals surface area contributed by atoms with Gasteiger partial charge in [-0.15, -0.1) is 0 Å². The maximum Gasteiger partial charge on any atom is 0.303 e. The molecule has 0 unspecified atom stereocenters. The molecule has 0 aliphatic carbocycles. The third kappa shape index (κ3) is 22.4. The monoisotopic (exact) mass is 204 g/mol. The molecule has 0 heterocycles. The zero-order valence-electron chi connectivity index (χ0n) is 9.37. The Morgan fingerprint density at radius 3 is 1.93 bits per heavy atom. The molecule has 0 spiro atoms. The molecule has 0 bridgehead atoms. The summed E-state index contributed by atoms with van der Waals surface area (Å²) in [6, 6.07) is 0. The van der Waals surface area contributed by atoms with Crippen molar-refractivity contribution >= 4 is 11.9 Å². The lowest BCUT2D eigenvalue weighted by Gasteiger charge is -1.97. The van der Waals surface area contributed by atoms with Crippen molar-refractivity contribution < 1.29 is 19.4 Å². The summed E-state index contributed by atoms with van der Waals surface area (Å²) in [4.78, 5) is 19.7. The Bertz CT molecular complexity index is 164. The highest BCUT2D eigenvalue weighted by Crippen LogP contribution is 2.01. The van der Waals surface area contributed by atoms with Crippen molar-refractivity contribution in [3.63, 3.8) is 0 Å². The first-order valence-corrected chi connectivity index (χ1v) is 4.75. The molecule has 0 aliphatic rings. The fraction of sp³-hybridized carbons (Fsp3) is 0.800. The van der Waals surface area contributed by atoms with Crippen molar-refractivity contribution in [3.8, 4) is 0 Å². The molecule has 4 heteroatoms.